The van der Waals surface area contributed by atoms with E-state index in [0.717, 1.165) is 5.82 Å². The lowest BCUT2D eigenvalue weighted by atomic mass is 10.2. The average Bonchev–Trinajstić information content (AvgIpc) is 2.12. The van der Waals surface area contributed by atoms with Gasteiger partial charge in [0.15, 0.2) is 0 Å². The van der Waals surface area contributed by atoms with Crippen LogP contribution in [-0.2, 0) is 0 Å². The van der Waals surface area contributed by atoms with Crippen LogP contribution in [-0.4, -0.2) is 15.4 Å². The summed E-state index contributed by atoms with van der Waals surface area (Å²) in [6.07, 6.45) is 3.62. The van der Waals surface area contributed by atoms with Crippen LogP contribution in [0.25, 0.3) is 0 Å². The van der Waals surface area contributed by atoms with Crippen LogP contribution in [0.5, 0.6) is 0 Å². The molecule has 1 aromatic heterocycles. The molecule has 0 radical (unpaired) electrons. The van der Waals surface area contributed by atoms with E-state index in [4.69, 9.17) is 0 Å². The Kier molecular flexibility index (Phi) is 2.95. The average molecular weight is 128 g/mol. The Balaban J connectivity index is 0.000000640. The number of aromatic nitrogens is 2. The zero-order valence-corrected chi connectivity index (χ0v) is 5.68. The van der Waals surface area contributed by atoms with Crippen molar-refractivity contribution >= 4 is 0 Å². The summed E-state index contributed by atoms with van der Waals surface area (Å²) in [6.45, 7) is 4.22. The summed E-state index contributed by atoms with van der Waals surface area (Å²) in [5, 5.41) is 0. The first-order chi connectivity index (χ1) is 3.80. The first kappa shape index (κ1) is 8.17. The molecule has 0 saturated carbocycles. The van der Waals surface area contributed by atoms with Gasteiger partial charge in [-0.2, -0.15) is 0 Å². The van der Waals surface area contributed by atoms with E-state index >= 15 is 0 Å². The summed E-state index contributed by atoms with van der Waals surface area (Å²) in [5.74, 6) is 1.58. The van der Waals surface area contributed by atoms with Gasteiger partial charge < -0.3 is 10.5 Å². The van der Waals surface area contributed by atoms with Crippen LogP contribution in [0.15, 0.2) is 12.4 Å². The fourth-order valence-corrected chi connectivity index (χ4v) is 0.593. The molecule has 0 spiro atoms. The lowest BCUT2D eigenvalue weighted by Crippen LogP contribution is -1.87. The Morgan fingerprint density at radius 1 is 1.56 bits per heavy atom. The third-order valence-electron chi connectivity index (χ3n) is 1.07. The molecule has 3 N–H and O–H groups in total. The highest BCUT2D eigenvalue weighted by Gasteiger charge is 1.96. The molecule has 1 aromatic rings. The molecule has 0 amide bonds. The molecule has 0 atom stereocenters. The maximum atomic E-state index is 4.06. The highest BCUT2D eigenvalue weighted by molar-refractivity contribution is 4.91. The van der Waals surface area contributed by atoms with Crippen molar-refractivity contribution in [2.24, 2.45) is 0 Å². The molecule has 52 valence electrons. The van der Waals surface area contributed by atoms with Gasteiger partial charge in [0.1, 0.15) is 5.82 Å². The second-order valence-electron chi connectivity index (χ2n) is 2.13. The van der Waals surface area contributed by atoms with Gasteiger partial charge in [0, 0.05) is 18.3 Å². The molecule has 0 aromatic carbocycles. The zero-order valence-electron chi connectivity index (χ0n) is 5.68. The van der Waals surface area contributed by atoms with Crippen molar-refractivity contribution in [1.29, 1.82) is 0 Å². The van der Waals surface area contributed by atoms with Gasteiger partial charge in [-0.1, -0.05) is 13.8 Å². The highest BCUT2D eigenvalue weighted by atomic mass is 16.0. The number of nitrogens with one attached hydrogen (secondary N) is 1. The Labute approximate surface area is 54.4 Å². The van der Waals surface area contributed by atoms with Crippen LogP contribution in [0.4, 0.5) is 0 Å². The molecule has 0 bridgehead atoms. The predicted molar refractivity (Wildman–Crippen MR) is 36.3 cm³/mol. The molecule has 1 heterocycles. The third-order valence-corrected chi connectivity index (χ3v) is 1.07. The number of aromatic amines is 1. The summed E-state index contributed by atoms with van der Waals surface area (Å²) in [7, 11) is 0. The number of imidazole rings is 1. The normalized spacial score (nSPS) is 9.22. The van der Waals surface area contributed by atoms with Gasteiger partial charge in [-0.15, -0.1) is 0 Å². The van der Waals surface area contributed by atoms with Gasteiger partial charge in [-0.3, -0.25) is 0 Å². The van der Waals surface area contributed by atoms with E-state index in [0.29, 0.717) is 5.92 Å². The summed E-state index contributed by atoms with van der Waals surface area (Å²) < 4.78 is 0. The molecule has 9 heavy (non-hydrogen) atoms. The van der Waals surface area contributed by atoms with Gasteiger partial charge in [-0.05, 0) is 0 Å². The molecule has 0 aliphatic heterocycles. The van der Waals surface area contributed by atoms with E-state index in [1.54, 1.807) is 6.20 Å². The molecule has 3 nitrogen and oxygen atoms in total. The number of hydrogen-bond donors (Lipinski definition) is 1. The van der Waals surface area contributed by atoms with E-state index in [2.05, 4.69) is 23.8 Å². The van der Waals surface area contributed by atoms with Gasteiger partial charge in [-0.25, -0.2) is 4.98 Å². The summed E-state index contributed by atoms with van der Waals surface area (Å²) >= 11 is 0. The molecule has 0 unspecified atom stereocenters. The van der Waals surface area contributed by atoms with Crippen molar-refractivity contribution in [2.45, 2.75) is 19.8 Å². The third kappa shape index (κ3) is 1.85. The molecular weight excluding hydrogens is 116 g/mol. The molecule has 0 saturated heterocycles. The topological polar surface area (TPSA) is 60.2 Å². The minimum absolute atomic E-state index is 0. The SMILES string of the molecule is CC(C)c1ncc[nH]1.O. The van der Waals surface area contributed by atoms with E-state index in [-0.39, 0.29) is 5.48 Å². The fourth-order valence-electron chi connectivity index (χ4n) is 0.593. The van der Waals surface area contributed by atoms with Crippen molar-refractivity contribution in [3.8, 4) is 0 Å². The molecule has 0 aliphatic rings. The van der Waals surface area contributed by atoms with Crippen LogP contribution in [0.3, 0.4) is 0 Å². The minimum Gasteiger partial charge on any atom is -0.412 e. The molecule has 0 fully saturated rings. The number of hydrogen-bond acceptors (Lipinski definition) is 1. The van der Waals surface area contributed by atoms with Crippen LogP contribution >= 0.6 is 0 Å². The first-order valence-corrected chi connectivity index (χ1v) is 2.80. The zero-order chi connectivity index (χ0) is 5.98. The van der Waals surface area contributed by atoms with E-state index in [1.807, 2.05) is 6.20 Å². The smallest absolute Gasteiger partial charge is 0.108 e. The quantitative estimate of drug-likeness (QED) is 0.594. The molecular formula is C6H12N2O. The van der Waals surface area contributed by atoms with Crippen LogP contribution < -0.4 is 0 Å². The van der Waals surface area contributed by atoms with Crippen molar-refractivity contribution in [3.05, 3.63) is 18.2 Å². The van der Waals surface area contributed by atoms with Crippen molar-refractivity contribution < 1.29 is 5.48 Å². The monoisotopic (exact) mass is 128 g/mol. The lowest BCUT2D eigenvalue weighted by Gasteiger charge is -1.95. The molecule has 1 rings (SSSR count). The second kappa shape index (κ2) is 3.25. The summed E-state index contributed by atoms with van der Waals surface area (Å²) in [4.78, 5) is 7.09. The fraction of sp³-hybridized carbons (Fsp3) is 0.500. The maximum absolute atomic E-state index is 4.06. The summed E-state index contributed by atoms with van der Waals surface area (Å²) in [6, 6.07) is 0. The van der Waals surface area contributed by atoms with Gasteiger partial charge in [0.05, 0.1) is 0 Å². The number of nitrogens with zero attached hydrogens (tertiary/aromatic N) is 1. The maximum Gasteiger partial charge on any atom is 0.108 e. The molecule has 3 heteroatoms. The van der Waals surface area contributed by atoms with Gasteiger partial charge in [0.2, 0.25) is 0 Å². The van der Waals surface area contributed by atoms with Crippen molar-refractivity contribution in [1.82, 2.24) is 9.97 Å². The summed E-state index contributed by atoms with van der Waals surface area (Å²) in [5.41, 5.74) is 0. The van der Waals surface area contributed by atoms with Gasteiger partial charge >= 0.3 is 0 Å². The Bertz CT molecular complexity index is 146. The Morgan fingerprint density at radius 2 is 2.22 bits per heavy atom. The first-order valence-electron chi connectivity index (χ1n) is 2.80. The largest absolute Gasteiger partial charge is 0.412 e. The highest BCUT2D eigenvalue weighted by Crippen LogP contribution is 2.05. The second-order valence-corrected chi connectivity index (χ2v) is 2.13. The van der Waals surface area contributed by atoms with Crippen LogP contribution in [0, 0.1) is 0 Å². The Hall–Kier alpha value is -0.830. The van der Waals surface area contributed by atoms with E-state index < -0.39 is 0 Å². The number of rotatable bonds is 1. The lowest BCUT2D eigenvalue weighted by molar-refractivity contribution is 0.794. The van der Waals surface area contributed by atoms with Crippen LogP contribution in [0.2, 0.25) is 0 Å². The molecule has 0 aliphatic carbocycles. The minimum atomic E-state index is 0. The predicted octanol–water partition coefficient (Wildman–Crippen LogP) is 0.708. The van der Waals surface area contributed by atoms with Crippen molar-refractivity contribution in [3.63, 3.8) is 0 Å². The Morgan fingerprint density at radius 3 is 2.44 bits per heavy atom. The number of H-pyrrole nitrogens is 1. The van der Waals surface area contributed by atoms with E-state index in [1.165, 1.54) is 0 Å². The van der Waals surface area contributed by atoms with Crippen molar-refractivity contribution in [2.75, 3.05) is 0 Å². The standard InChI is InChI=1S/C6H10N2.H2O/c1-5(2)6-7-3-4-8-6;/h3-5H,1-2H3,(H,7,8);1H2. The van der Waals surface area contributed by atoms with Gasteiger partial charge in [0.25, 0.3) is 0 Å². The van der Waals surface area contributed by atoms with E-state index in [9.17, 15) is 0 Å². The van der Waals surface area contributed by atoms with Crippen LogP contribution in [0.1, 0.15) is 25.6 Å².